The Kier molecular flexibility index (Phi) is 4.46. The van der Waals surface area contributed by atoms with Crippen LogP contribution in [0, 0.1) is 5.82 Å². The van der Waals surface area contributed by atoms with Crippen LogP contribution in [0.5, 0.6) is 0 Å². The lowest BCUT2D eigenvalue weighted by atomic mass is 10.0. The first-order chi connectivity index (χ1) is 8.26. The van der Waals surface area contributed by atoms with E-state index in [1.54, 1.807) is 24.8 Å². The van der Waals surface area contributed by atoms with Gasteiger partial charge in [-0.25, -0.2) is 4.39 Å². The van der Waals surface area contributed by atoms with Gasteiger partial charge in [-0.15, -0.1) is 0 Å². The van der Waals surface area contributed by atoms with E-state index >= 15 is 0 Å². The Balaban J connectivity index is 3.24. The van der Waals surface area contributed by atoms with Crippen LogP contribution in [0.1, 0.15) is 38.1 Å². The Morgan fingerprint density at radius 3 is 2.50 bits per heavy atom. The van der Waals surface area contributed by atoms with Gasteiger partial charge in [0.2, 0.25) is 0 Å². The Morgan fingerprint density at radius 2 is 2.06 bits per heavy atom. The molecule has 1 aromatic rings. The largest absolute Gasteiger partial charge is 0.389 e. The van der Waals surface area contributed by atoms with E-state index in [9.17, 15) is 14.3 Å². The SMILES string of the molecule is CCN(CC(C)(C)O)c1c(F)cccc1C(C)=O. The molecule has 1 aromatic carbocycles. The lowest BCUT2D eigenvalue weighted by Crippen LogP contribution is -2.39. The number of Topliss-reactive ketones (excluding diaryl/α,β-unsaturated/α-hetero) is 1. The molecule has 0 aliphatic rings. The van der Waals surface area contributed by atoms with Crippen LogP contribution < -0.4 is 4.90 Å². The van der Waals surface area contributed by atoms with Crippen LogP contribution in [-0.2, 0) is 0 Å². The third-order valence-electron chi connectivity index (χ3n) is 2.64. The highest BCUT2D eigenvalue weighted by Crippen LogP contribution is 2.26. The molecule has 1 N–H and O–H groups in total. The molecule has 3 nitrogen and oxygen atoms in total. The molecular formula is C14H20FNO2. The van der Waals surface area contributed by atoms with Crippen LogP contribution >= 0.6 is 0 Å². The van der Waals surface area contributed by atoms with Gasteiger partial charge in [0.15, 0.2) is 5.78 Å². The highest BCUT2D eigenvalue weighted by molar-refractivity contribution is 5.99. The van der Waals surface area contributed by atoms with Crippen molar-refractivity contribution in [2.24, 2.45) is 0 Å². The number of ketones is 1. The molecule has 18 heavy (non-hydrogen) atoms. The van der Waals surface area contributed by atoms with Gasteiger partial charge in [-0.2, -0.15) is 0 Å². The molecule has 0 unspecified atom stereocenters. The summed E-state index contributed by atoms with van der Waals surface area (Å²) in [6, 6.07) is 4.45. The highest BCUT2D eigenvalue weighted by Gasteiger charge is 2.23. The summed E-state index contributed by atoms with van der Waals surface area (Å²) in [5, 5.41) is 9.85. The van der Waals surface area contributed by atoms with Crippen LogP contribution in [0.2, 0.25) is 0 Å². The van der Waals surface area contributed by atoms with Crippen molar-refractivity contribution in [3.8, 4) is 0 Å². The number of hydrogen-bond donors (Lipinski definition) is 1. The zero-order chi connectivity index (χ0) is 13.9. The maximum absolute atomic E-state index is 13.9. The number of aliphatic hydroxyl groups is 1. The van der Waals surface area contributed by atoms with Gasteiger partial charge >= 0.3 is 0 Å². The Hall–Kier alpha value is -1.42. The number of carbonyl (C=O) groups is 1. The van der Waals surface area contributed by atoms with Crippen LogP contribution in [0.4, 0.5) is 10.1 Å². The quantitative estimate of drug-likeness (QED) is 0.820. The Bertz CT molecular complexity index is 438. The second kappa shape index (κ2) is 5.48. The maximum Gasteiger partial charge on any atom is 0.161 e. The van der Waals surface area contributed by atoms with Gasteiger partial charge in [-0.1, -0.05) is 6.07 Å². The Labute approximate surface area is 107 Å². The second-order valence-corrected chi connectivity index (χ2v) is 5.02. The van der Waals surface area contributed by atoms with E-state index in [2.05, 4.69) is 0 Å². The van der Waals surface area contributed by atoms with Crippen molar-refractivity contribution in [3.05, 3.63) is 29.6 Å². The van der Waals surface area contributed by atoms with Gasteiger partial charge in [-0.05, 0) is 39.8 Å². The third-order valence-corrected chi connectivity index (χ3v) is 2.64. The molecule has 100 valence electrons. The zero-order valence-electron chi connectivity index (χ0n) is 11.3. The normalized spacial score (nSPS) is 11.4. The number of carbonyl (C=O) groups excluding carboxylic acids is 1. The van der Waals surface area contributed by atoms with E-state index in [0.717, 1.165) is 0 Å². The smallest absolute Gasteiger partial charge is 0.161 e. The molecule has 0 aliphatic carbocycles. The molecule has 1 rings (SSSR count). The van der Waals surface area contributed by atoms with Crippen molar-refractivity contribution < 1.29 is 14.3 Å². The average molecular weight is 253 g/mol. The van der Waals surface area contributed by atoms with Crippen molar-refractivity contribution in [2.45, 2.75) is 33.3 Å². The summed E-state index contributed by atoms with van der Waals surface area (Å²) >= 11 is 0. The number of benzene rings is 1. The summed E-state index contributed by atoms with van der Waals surface area (Å²) in [6.45, 7) is 7.38. The van der Waals surface area contributed by atoms with E-state index in [1.807, 2.05) is 6.92 Å². The standard InChI is InChI=1S/C14H20FNO2/c1-5-16(9-14(3,4)18)13-11(10(2)17)7-6-8-12(13)15/h6-8,18H,5,9H2,1-4H3. The number of nitrogens with zero attached hydrogens (tertiary/aromatic N) is 1. The van der Waals surface area contributed by atoms with Gasteiger partial charge < -0.3 is 10.0 Å². The number of rotatable bonds is 5. The number of anilines is 1. The summed E-state index contributed by atoms with van der Waals surface area (Å²) < 4.78 is 13.9. The fourth-order valence-corrected chi connectivity index (χ4v) is 1.94. The first-order valence-corrected chi connectivity index (χ1v) is 6.03. The monoisotopic (exact) mass is 253 g/mol. The summed E-state index contributed by atoms with van der Waals surface area (Å²) in [5.41, 5.74) is -0.331. The number of halogens is 1. The van der Waals surface area contributed by atoms with E-state index in [-0.39, 0.29) is 18.0 Å². The van der Waals surface area contributed by atoms with Gasteiger partial charge in [0.25, 0.3) is 0 Å². The maximum atomic E-state index is 13.9. The third kappa shape index (κ3) is 3.53. The topological polar surface area (TPSA) is 40.5 Å². The van der Waals surface area contributed by atoms with E-state index in [1.165, 1.54) is 19.1 Å². The molecular weight excluding hydrogens is 233 g/mol. The summed E-state index contributed by atoms with van der Waals surface area (Å²) in [4.78, 5) is 13.2. The number of likely N-dealkylation sites (N-methyl/N-ethyl adjacent to an activating group) is 1. The summed E-state index contributed by atoms with van der Waals surface area (Å²) in [7, 11) is 0. The molecule has 0 aliphatic heterocycles. The van der Waals surface area contributed by atoms with Crippen LogP contribution in [0.25, 0.3) is 0 Å². The predicted molar refractivity (Wildman–Crippen MR) is 70.6 cm³/mol. The van der Waals surface area contributed by atoms with E-state index < -0.39 is 11.4 Å². The molecule has 0 aromatic heterocycles. The molecule has 0 saturated heterocycles. The molecule has 0 amide bonds. The molecule has 0 radical (unpaired) electrons. The fraction of sp³-hybridized carbons (Fsp3) is 0.500. The molecule has 0 atom stereocenters. The van der Waals surface area contributed by atoms with E-state index in [0.29, 0.717) is 12.1 Å². The molecule has 0 saturated carbocycles. The van der Waals surface area contributed by atoms with Crippen LogP contribution in [-0.4, -0.2) is 29.6 Å². The molecule has 0 bridgehead atoms. The second-order valence-electron chi connectivity index (χ2n) is 5.02. The summed E-state index contributed by atoms with van der Waals surface area (Å²) in [5.74, 6) is -0.618. The van der Waals surface area contributed by atoms with Gasteiger partial charge in [0.05, 0.1) is 11.3 Å². The number of hydrogen-bond acceptors (Lipinski definition) is 3. The Morgan fingerprint density at radius 1 is 1.44 bits per heavy atom. The van der Waals surface area contributed by atoms with Crippen molar-refractivity contribution in [1.82, 2.24) is 0 Å². The highest BCUT2D eigenvalue weighted by atomic mass is 19.1. The first-order valence-electron chi connectivity index (χ1n) is 6.03. The molecule has 4 heteroatoms. The van der Waals surface area contributed by atoms with Gasteiger partial charge in [0, 0.05) is 18.7 Å². The lowest BCUT2D eigenvalue weighted by molar-refractivity contribution is 0.0871. The molecule has 0 heterocycles. The minimum absolute atomic E-state index is 0.182. The lowest BCUT2D eigenvalue weighted by Gasteiger charge is -2.31. The van der Waals surface area contributed by atoms with Crippen molar-refractivity contribution >= 4 is 11.5 Å². The van der Waals surface area contributed by atoms with E-state index in [4.69, 9.17) is 0 Å². The molecule has 0 fully saturated rings. The van der Waals surface area contributed by atoms with Crippen LogP contribution in [0.3, 0.4) is 0 Å². The van der Waals surface area contributed by atoms with Crippen molar-refractivity contribution in [3.63, 3.8) is 0 Å². The average Bonchev–Trinajstić information content (AvgIpc) is 2.24. The zero-order valence-corrected chi connectivity index (χ0v) is 11.3. The van der Waals surface area contributed by atoms with Crippen LogP contribution in [0.15, 0.2) is 18.2 Å². The van der Waals surface area contributed by atoms with Gasteiger partial charge in [-0.3, -0.25) is 4.79 Å². The molecule has 0 spiro atoms. The first kappa shape index (κ1) is 14.6. The minimum atomic E-state index is -0.952. The van der Waals surface area contributed by atoms with Gasteiger partial charge in [0.1, 0.15) is 5.82 Å². The summed E-state index contributed by atoms with van der Waals surface area (Å²) in [6.07, 6.45) is 0. The van der Waals surface area contributed by atoms with Crippen molar-refractivity contribution in [1.29, 1.82) is 0 Å². The predicted octanol–water partition coefficient (Wildman–Crippen LogP) is 2.63. The minimum Gasteiger partial charge on any atom is -0.389 e. The van der Waals surface area contributed by atoms with Crippen molar-refractivity contribution in [2.75, 3.05) is 18.0 Å². The number of para-hydroxylation sites is 1. The fourth-order valence-electron chi connectivity index (χ4n) is 1.94.